The van der Waals surface area contributed by atoms with E-state index >= 15 is 0 Å². The number of anilines is 1. The summed E-state index contributed by atoms with van der Waals surface area (Å²) < 4.78 is 1.09. The molecule has 1 aromatic heterocycles. The molecule has 2 amide bonds. The van der Waals surface area contributed by atoms with Crippen LogP contribution in [-0.4, -0.2) is 41.3 Å². The first kappa shape index (κ1) is 16.5. The van der Waals surface area contributed by atoms with Gasteiger partial charge in [-0.15, -0.1) is 11.3 Å². The largest absolute Gasteiger partial charge is 0.339 e. The van der Waals surface area contributed by atoms with Crippen molar-refractivity contribution in [3.05, 3.63) is 23.2 Å². The molecule has 2 heterocycles. The van der Waals surface area contributed by atoms with E-state index in [9.17, 15) is 9.59 Å². The maximum Gasteiger partial charge on any atom is 0.232 e. The maximum absolute atomic E-state index is 12.9. The first-order valence-electron chi connectivity index (χ1n) is 8.97. The van der Waals surface area contributed by atoms with Crippen molar-refractivity contribution in [1.82, 2.24) is 9.88 Å². The third-order valence-corrected chi connectivity index (χ3v) is 6.40. The minimum absolute atomic E-state index is 0.0365. The Hall–Kier alpha value is -1.95. The van der Waals surface area contributed by atoms with E-state index in [1.807, 2.05) is 30.0 Å². The number of aromatic nitrogens is 1. The van der Waals surface area contributed by atoms with Gasteiger partial charge in [0, 0.05) is 31.7 Å². The van der Waals surface area contributed by atoms with E-state index < -0.39 is 0 Å². The Bertz CT molecular complexity index is 825. The topological polar surface area (TPSA) is 53.5 Å². The molecule has 0 bridgehead atoms. The SMILES string of the molecule is Cc1nc2ccc(N(C)C(=O)[C@@H]3CC(=O)N(C4CCCC4)C3)cc2s1. The molecule has 0 spiro atoms. The van der Waals surface area contributed by atoms with Gasteiger partial charge < -0.3 is 9.80 Å². The maximum atomic E-state index is 12.9. The van der Waals surface area contributed by atoms with Crippen molar-refractivity contribution < 1.29 is 9.59 Å². The molecule has 1 aromatic carbocycles. The van der Waals surface area contributed by atoms with Crippen LogP contribution < -0.4 is 4.90 Å². The zero-order valence-corrected chi connectivity index (χ0v) is 15.5. The molecular formula is C19H23N3O2S. The molecule has 0 N–H and O–H groups in total. The fourth-order valence-corrected chi connectivity index (χ4v) is 4.96. The van der Waals surface area contributed by atoms with Gasteiger partial charge in [0.2, 0.25) is 11.8 Å². The Morgan fingerprint density at radius 3 is 2.84 bits per heavy atom. The Balaban J connectivity index is 1.50. The van der Waals surface area contributed by atoms with Gasteiger partial charge in [-0.3, -0.25) is 9.59 Å². The lowest BCUT2D eigenvalue weighted by molar-refractivity contribution is -0.130. The number of thiazole rings is 1. The van der Waals surface area contributed by atoms with E-state index in [1.54, 1.807) is 23.3 Å². The fourth-order valence-electron chi connectivity index (χ4n) is 4.10. The molecule has 0 unspecified atom stereocenters. The minimum atomic E-state index is -0.225. The number of nitrogens with zero attached hydrogens (tertiary/aromatic N) is 3. The number of amides is 2. The molecule has 1 atom stereocenters. The Morgan fingerprint density at radius 1 is 1.32 bits per heavy atom. The Kier molecular flexibility index (Phi) is 4.23. The van der Waals surface area contributed by atoms with Crippen molar-refractivity contribution in [2.24, 2.45) is 5.92 Å². The second kappa shape index (κ2) is 6.41. The molecular weight excluding hydrogens is 334 g/mol. The molecule has 1 aliphatic heterocycles. The second-order valence-electron chi connectivity index (χ2n) is 7.17. The number of hydrogen-bond donors (Lipinski definition) is 0. The summed E-state index contributed by atoms with van der Waals surface area (Å²) >= 11 is 1.63. The van der Waals surface area contributed by atoms with Crippen LogP contribution in [0.3, 0.4) is 0 Å². The Morgan fingerprint density at radius 2 is 2.08 bits per heavy atom. The monoisotopic (exact) mass is 357 g/mol. The van der Waals surface area contributed by atoms with Gasteiger partial charge in [-0.2, -0.15) is 0 Å². The molecule has 1 saturated heterocycles. The number of fused-ring (bicyclic) bond motifs is 1. The van der Waals surface area contributed by atoms with E-state index in [1.165, 1.54) is 12.8 Å². The van der Waals surface area contributed by atoms with Crippen LogP contribution >= 0.6 is 11.3 Å². The zero-order valence-electron chi connectivity index (χ0n) is 14.7. The van der Waals surface area contributed by atoms with Gasteiger partial charge in [0.15, 0.2) is 0 Å². The van der Waals surface area contributed by atoms with Crippen LogP contribution in [0.1, 0.15) is 37.1 Å². The van der Waals surface area contributed by atoms with Gasteiger partial charge in [0.05, 0.1) is 21.1 Å². The lowest BCUT2D eigenvalue weighted by Crippen LogP contribution is -2.37. The predicted molar refractivity (Wildman–Crippen MR) is 99.8 cm³/mol. The van der Waals surface area contributed by atoms with E-state index in [-0.39, 0.29) is 17.7 Å². The summed E-state index contributed by atoms with van der Waals surface area (Å²) in [5, 5.41) is 1.02. The molecule has 5 nitrogen and oxygen atoms in total. The number of carbonyl (C=O) groups is 2. The molecule has 2 aliphatic rings. The fraction of sp³-hybridized carbons (Fsp3) is 0.526. The van der Waals surface area contributed by atoms with Crippen LogP contribution in [-0.2, 0) is 9.59 Å². The number of aryl methyl sites for hydroxylation is 1. The van der Waals surface area contributed by atoms with Crippen LogP contribution in [0.5, 0.6) is 0 Å². The number of rotatable bonds is 3. The highest BCUT2D eigenvalue weighted by Crippen LogP contribution is 2.32. The second-order valence-corrected chi connectivity index (χ2v) is 8.40. The summed E-state index contributed by atoms with van der Waals surface area (Å²) in [6.45, 7) is 2.57. The highest BCUT2D eigenvalue weighted by molar-refractivity contribution is 7.18. The number of carbonyl (C=O) groups excluding carboxylic acids is 2. The van der Waals surface area contributed by atoms with E-state index in [0.29, 0.717) is 19.0 Å². The third-order valence-electron chi connectivity index (χ3n) is 5.47. The first-order valence-corrected chi connectivity index (χ1v) is 9.79. The minimum Gasteiger partial charge on any atom is -0.339 e. The summed E-state index contributed by atoms with van der Waals surface area (Å²) in [6.07, 6.45) is 4.91. The Labute approximate surface area is 151 Å². The standard InChI is InChI=1S/C19H23N3O2S/c1-12-20-16-8-7-15(10-17(16)25-12)21(2)19(24)13-9-18(23)22(11-13)14-5-3-4-6-14/h7-8,10,13-14H,3-6,9,11H2,1-2H3/t13-/m1/s1. The van der Waals surface area contributed by atoms with Crippen molar-refractivity contribution in [1.29, 1.82) is 0 Å². The molecule has 2 fully saturated rings. The summed E-state index contributed by atoms with van der Waals surface area (Å²) in [6, 6.07) is 6.27. The normalized spacial score (nSPS) is 21.4. The van der Waals surface area contributed by atoms with Crippen molar-refractivity contribution in [3.8, 4) is 0 Å². The quantitative estimate of drug-likeness (QED) is 0.846. The first-order chi connectivity index (χ1) is 12.0. The number of hydrogen-bond acceptors (Lipinski definition) is 4. The van der Waals surface area contributed by atoms with Crippen molar-refractivity contribution in [2.75, 3.05) is 18.5 Å². The van der Waals surface area contributed by atoms with Gasteiger partial charge in [-0.25, -0.2) is 4.98 Å². The van der Waals surface area contributed by atoms with Crippen LogP contribution in [0, 0.1) is 12.8 Å². The van der Waals surface area contributed by atoms with Crippen LogP contribution in [0.15, 0.2) is 18.2 Å². The lowest BCUT2D eigenvalue weighted by Gasteiger charge is -2.25. The van der Waals surface area contributed by atoms with Gasteiger partial charge in [0.25, 0.3) is 0 Å². The molecule has 1 aliphatic carbocycles. The van der Waals surface area contributed by atoms with E-state index in [4.69, 9.17) is 0 Å². The van der Waals surface area contributed by atoms with Gasteiger partial charge >= 0.3 is 0 Å². The predicted octanol–water partition coefficient (Wildman–Crippen LogP) is 3.36. The number of likely N-dealkylation sites (tertiary alicyclic amines) is 1. The zero-order chi connectivity index (χ0) is 17.6. The van der Waals surface area contributed by atoms with Gasteiger partial charge in [-0.05, 0) is 38.0 Å². The summed E-state index contributed by atoms with van der Waals surface area (Å²) in [5.41, 5.74) is 1.84. The third kappa shape index (κ3) is 3.03. The average Bonchev–Trinajstić information content (AvgIpc) is 3.30. The van der Waals surface area contributed by atoms with Crippen LogP contribution in [0.25, 0.3) is 10.2 Å². The summed E-state index contributed by atoms with van der Waals surface area (Å²) in [7, 11) is 1.81. The highest BCUT2D eigenvalue weighted by Gasteiger charge is 2.39. The van der Waals surface area contributed by atoms with Crippen molar-refractivity contribution >= 4 is 39.1 Å². The molecule has 6 heteroatoms. The van der Waals surface area contributed by atoms with Gasteiger partial charge in [-0.1, -0.05) is 12.8 Å². The van der Waals surface area contributed by atoms with E-state index in [0.717, 1.165) is 33.8 Å². The number of benzene rings is 1. The van der Waals surface area contributed by atoms with E-state index in [2.05, 4.69) is 4.98 Å². The molecule has 0 radical (unpaired) electrons. The highest BCUT2D eigenvalue weighted by atomic mass is 32.1. The van der Waals surface area contributed by atoms with Crippen molar-refractivity contribution in [2.45, 2.75) is 45.1 Å². The molecule has 132 valence electrons. The van der Waals surface area contributed by atoms with Crippen LogP contribution in [0.2, 0.25) is 0 Å². The van der Waals surface area contributed by atoms with Crippen LogP contribution in [0.4, 0.5) is 5.69 Å². The molecule has 25 heavy (non-hydrogen) atoms. The summed E-state index contributed by atoms with van der Waals surface area (Å²) in [5.74, 6) is -0.0430. The smallest absolute Gasteiger partial charge is 0.232 e. The molecule has 2 aromatic rings. The van der Waals surface area contributed by atoms with Gasteiger partial charge in [0.1, 0.15) is 0 Å². The average molecular weight is 357 g/mol. The summed E-state index contributed by atoms with van der Waals surface area (Å²) in [4.78, 5) is 33.4. The lowest BCUT2D eigenvalue weighted by atomic mass is 10.1. The molecule has 1 saturated carbocycles. The van der Waals surface area contributed by atoms with Crippen molar-refractivity contribution in [3.63, 3.8) is 0 Å². The molecule has 4 rings (SSSR count).